The van der Waals surface area contributed by atoms with Gasteiger partial charge in [-0.2, -0.15) is 0 Å². The molecular formula is C40H22O3. The third-order valence-electron chi connectivity index (χ3n) is 8.95. The Morgan fingerprint density at radius 2 is 0.837 bits per heavy atom. The highest BCUT2D eigenvalue weighted by Gasteiger charge is 2.19. The summed E-state index contributed by atoms with van der Waals surface area (Å²) < 4.78 is 18.2. The van der Waals surface area contributed by atoms with Gasteiger partial charge in [0.15, 0.2) is 0 Å². The summed E-state index contributed by atoms with van der Waals surface area (Å²) in [5.74, 6) is 0. The predicted molar refractivity (Wildman–Crippen MR) is 177 cm³/mol. The van der Waals surface area contributed by atoms with Crippen LogP contribution in [-0.2, 0) is 0 Å². The van der Waals surface area contributed by atoms with Gasteiger partial charge in [0, 0.05) is 21.5 Å². The molecule has 0 atom stereocenters. The van der Waals surface area contributed by atoms with E-state index < -0.39 is 0 Å². The Kier molecular flexibility index (Phi) is 4.45. The normalized spacial score (nSPS) is 12.2. The number of hydrogen-bond acceptors (Lipinski definition) is 3. The van der Waals surface area contributed by atoms with E-state index >= 15 is 0 Å². The van der Waals surface area contributed by atoms with E-state index in [-0.39, 0.29) is 0 Å². The molecule has 0 aliphatic rings. The van der Waals surface area contributed by atoms with Gasteiger partial charge in [-0.05, 0) is 92.3 Å². The van der Waals surface area contributed by atoms with Crippen molar-refractivity contribution >= 4 is 76.4 Å². The van der Waals surface area contributed by atoms with Gasteiger partial charge in [-0.3, -0.25) is 0 Å². The monoisotopic (exact) mass is 550 g/mol. The molecule has 3 heteroatoms. The van der Waals surface area contributed by atoms with Crippen molar-refractivity contribution in [3.63, 3.8) is 0 Å². The lowest BCUT2D eigenvalue weighted by Gasteiger charge is -2.17. The topological polar surface area (TPSA) is 39.4 Å². The minimum absolute atomic E-state index is 0.834. The highest BCUT2D eigenvalue weighted by molar-refractivity contribution is 6.23. The zero-order valence-electron chi connectivity index (χ0n) is 22.9. The van der Waals surface area contributed by atoms with E-state index in [4.69, 9.17) is 13.3 Å². The maximum Gasteiger partial charge on any atom is 0.146 e. The molecule has 7 aromatic carbocycles. The van der Waals surface area contributed by atoms with Crippen LogP contribution in [0.15, 0.2) is 147 Å². The summed E-state index contributed by atoms with van der Waals surface area (Å²) in [7, 11) is 0. The molecule has 0 fully saturated rings. The van der Waals surface area contributed by atoms with E-state index in [0.29, 0.717) is 0 Å². The largest absolute Gasteiger partial charge is 0.464 e. The Morgan fingerprint density at radius 3 is 1.49 bits per heavy atom. The van der Waals surface area contributed by atoms with E-state index in [9.17, 15) is 0 Å². The fourth-order valence-electron chi connectivity index (χ4n) is 7.07. The third-order valence-corrected chi connectivity index (χ3v) is 8.95. The van der Waals surface area contributed by atoms with Crippen molar-refractivity contribution in [2.45, 2.75) is 0 Å². The van der Waals surface area contributed by atoms with E-state index in [1.807, 2.05) is 24.3 Å². The van der Waals surface area contributed by atoms with Crippen LogP contribution in [0.1, 0.15) is 0 Å². The maximum atomic E-state index is 6.36. The Balaban J connectivity index is 1.28. The van der Waals surface area contributed by atoms with Gasteiger partial charge in [-0.1, -0.05) is 78.9 Å². The highest BCUT2D eigenvalue weighted by Crippen LogP contribution is 2.46. The van der Waals surface area contributed by atoms with Crippen LogP contribution in [0.3, 0.4) is 0 Å². The fourth-order valence-corrected chi connectivity index (χ4v) is 7.07. The molecule has 10 rings (SSSR count). The van der Waals surface area contributed by atoms with Crippen molar-refractivity contribution in [2.24, 2.45) is 0 Å². The molecule has 200 valence electrons. The maximum absolute atomic E-state index is 6.36. The molecule has 0 saturated heterocycles. The standard InChI is InChI=1S/C40H22O3/c1-3-10-28-26(8-1)38(23-13-16-36-32(21-23)25-7-5-6-12-35(25)42-36)27-9-2-4-11-29(27)39(28)24-14-17-37-33(22-24)30-15-18-34-31(19-20-41-34)40(30)43-37/h1-22H. The zero-order chi connectivity index (χ0) is 28.1. The summed E-state index contributed by atoms with van der Waals surface area (Å²) in [6.07, 6.45) is 1.72. The molecular weight excluding hydrogens is 528 g/mol. The number of rotatable bonds is 2. The van der Waals surface area contributed by atoms with Gasteiger partial charge in [0.2, 0.25) is 0 Å². The molecule has 0 radical (unpaired) electrons. The first kappa shape index (κ1) is 22.8. The van der Waals surface area contributed by atoms with E-state index in [1.165, 1.54) is 38.2 Å². The van der Waals surface area contributed by atoms with Crippen molar-refractivity contribution in [3.05, 3.63) is 134 Å². The summed E-state index contributed by atoms with van der Waals surface area (Å²) >= 11 is 0. The second-order valence-corrected chi connectivity index (χ2v) is 11.2. The van der Waals surface area contributed by atoms with Gasteiger partial charge in [-0.25, -0.2) is 0 Å². The summed E-state index contributed by atoms with van der Waals surface area (Å²) in [6.45, 7) is 0. The molecule has 0 unspecified atom stereocenters. The quantitative estimate of drug-likeness (QED) is 0.201. The molecule has 3 nitrogen and oxygen atoms in total. The molecule has 0 aliphatic carbocycles. The van der Waals surface area contributed by atoms with Crippen molar-refractivity contribution in [1.29, 1.82) is 0 Å². The van der Waals surface area contributed by atoms with E-state index in [0.717, 1.165) is 60.4 Å². The van der Waals surface area contributed by atoms with Crippen molar-refractivity contribution in [1.82, 2.24) is 0 Å². The molecule has 0 aliphatic heterocycles. The van der Waals surface area contributed by atoms with Crippen LogP contribution in [0.25, 0.3) is 98.6 Å². The lowest BCUT2D eigenvalue weighted by molar-refractivity contribution is 0.615. The van der Waals surface area contributed by atoms with E-state index in [2.05, 4.69) is 103 Å². The number of fused-ring (bicyclic) bond motifs is 10. The van der Waals surface area contributed by atoms with Gasteiger partial charge in [-0.15, -0.1) is 0 Å². The molecule has 0 bridgehead atoms. The van der Waals surface area contributed by atoms with Crippen LogP contribution in [0.4, 0.5) is 0 Å². The highest BCUT2D eigenvalue weighted by atomic mass is 16.3. The van der Waals surface area contributed by atoms with Gasteiger partial charge < -0.3 is 13.3 Å². The molecule has 10 aromatic rings. The number of para-hydroxylation sites is 1. The minimum atomic E-state index is 0.834. The first-order valence-corrected chi connectivity index (χ1v) is 14.5. The van der Waals surface area contributed by atoms with Crippen LogP contribution >= 0.6 is 0 Å². The molecule has 3 heterocycles. The second-order valence-electron chi connectivity index (χ2n) is 11.2. The van der Waals surface area contributed by atoms with Gasteiger partial charge in [0.1, 0.15) is 27.9 Å². The number of hydrogen-bond donors (Lipinski definition) is 0. The molecule has 43 heavy (non-hydrogen) atoms. The van der Waals surface area contributed by atoms with Crippen LogP contribution in [0.5, 0.6) is 0 Å². The van der Waals surface area contributed by atoms with Gasteiger partial charge in [0.25, 0.3) is 0 Å². The lowest BCUT2D eigenvalue weighted by atomic mass is 9.85. The fraction of sp³-hybridized carbons (Fsp3) is 0. The summed E-state index contributed by atoms with van der Waals surface area (Å²) in [4.78, 5) is 0. The predicted octanol–water partition coefficient (Wildman–Crippen LogP) is 11.9. The Bertz CT molecular complexity index is 2680. The third kappa shape index (κ3) is 3.14. The van der Waals surface area contributed by atoms with Gasteiger partial charge >= 0.3 is 0 Å². The minimum Gasteiger partial charge on any atom is -0.464 e. The molecule has 3 aromatic heterocycles. The summed E-state index contributed by atoms with van der Waals surface area (Å²) in [5, 5.41) is 10.4. The van der Waals surface area contributed by atoms with Crippen LogP contribution in [0, 0.1) is 0 Å². The Morgan fingerprint density at radius 1 is 0.326 bits per heavy atom. The van der Waals surface area contributed by atoms with E-state index in [1.54, 1.807) is 6.26 Å². The Hall–Kier alpha value is -5.80. The summed E-state index contributed by atoms with van der Waals surface area (Å²) in [6, 6.07) is 45.1. The van der Waals surface area contributed by atoms with Crippen molar-refractivity contribution in [3.8, 4) is 22.3 Å². The van der Waals surface area contributed by atoms with Crippen molar-refractivity contribution < 1.29 is 13.3 Å². The first-order valence-electron chi connectivity index (χ1n) is 14.5. The molecule has 0 saturated carbocycles. The average molecular weight is 551 g/mol. The summed E-state index contributed by atoms with van der Waals surface area (Å²) in [5.41, 5.74) is 9.20. The SMILES string of the molecule is c1ccc2c(c1)oc1ccc(-c3c4ccccc4c(-c4ccc5oc6c7ccoc7ccc6c5c4)c4ccccc34)cc12. The number of furan rings is 3. The zero-order valence-corrected chi connectivity index (χ0v) is 22.9. The Labute approximate surface area is 245 Å². The molecule has 0 amide bonds. The number of benzene rings is 7. The van der Waals surface area contributed by atoms with Crippen LogP contribution in [-0.4, -0.2) is 0 Å². The van der Waals surface area contributed by atoms with Crippen LogP contribution in [0.2, 0.25) is 0 Å². The molecule has 0 spiro atoms. The van der Waals surface area contributed by atoms with Crippen molar-refractivity contribution in [2.75, 3.05) is 0 Å². The second kappa shape index (κ2) is 8.37. The van der Waals surface area contributed by atoms with Gasteiger partial charge in [0.05, 0.1) is 11.6 Å². The lowest BCUT2D eigenvalue weighted by Crippen LogP contribution is -1.90. The average Bonchev–Trinajstić information content (AvgIpc) is 3.78. The smallest absolute Gasteiger partial charge is 0.146 e. The first-order chi connectivity index (χ1) is 21.3. The molecule has 0 N–H and O–H groups in total. The van der Waals surface area contributed by atoms with Crippen LogP contribution < -0.4 is 0 Å².